The summed E-state index contributed by atoms with van der Waals surface area (Å²) in [6.45, 7) is 0.954. The first-order chi connectivity index (χ1) is 23.6. The molecule has 1 saturated heterocycles. The number of halogens is 4. The second-order valence-corrected chi connectivity index (χ2v) is 11.3. The normalized spacial score (nSPS) is 13.5. The molecule has 1 fully saturated rings. The minimum Gasteiger partial charge on any atom is -0.507 e. The van der Waals surface area contributed by atoms with Crippen LogP contribution in [0.15, 0.2) is 96.5 Å². The van der Waals surface area contributed by atoms with Gasteiger partial charge < -0.3 is 19.5 Å². The molecular formula is C35H28F4N6O4. The van der Waals surface area contributed by atoms with E-state index >= 15 is 0 Å². The Kier molecular flexibility index (Phi) is 9.38. The largest absolute Gasteiger partial charge is 0.507 e. The zero-order valence-corrected chi connectivity index (χ0v) is 25.8. The van der Waals surface area contributed by atoms with Crippen molar-refractivity contribution in [3.63, 3.8) is 0 Å². The fourth-order valence-electron chi connectivity index (χ4n) is 5.60. The number of anilines is 1. The molecule has 0 bridgehead atoms. The van der Waals surface area contributed by atoms with Gasteiger partial charge in [0.15, 0.2) is 0 Å². The molecule has 0 radical (unpaired) electrons. The van der Waals surface area contributed by atoms with Gasteiger partial charge in [0.1, 0.15) is 41.7 Å². The SMILES string of the molecule is O=C(/C=C(/O)c1cc(Cc2c(F)cc(F)cc2F)cn(Cc2ccccc2F)c1=O)C(=O)N1CCN(c2ccc(-n3cncn3)cc2)CC1. The topological polar surface area (TPSA) is 114 Å². The predicted molar refractivity (Wildman–Crippen MR) is 171 cm³/mol. The van der Waals surface area contributed by atoms with Crippen molar-refractivity contribution in [2.45, 2.75) is 13.0 Å². The second kappa shape index (κ2) is 14.0. The first-order valence-corrected chi connectivity index (χ1v) is 15.1. The predicted octanol–water partition coefficient (Wildman–Crippen LogP) is 4.44. The second-order valence-electron chi connectivity index (χ2n) is 11.3. The average molecular weight is 673 g/mol. The third kappa shape index (κ3) is 7.27. The van der Waals surface area contributed by atoms with Crippen molar-refractivity contribution < 1.29 is 32.3 Å². The van der Waals surface area contributed by atoms with Crippen LogP contribution >= 0.6 is 0 Å². The molecule has 0 unspecified atom stereocenters. The summed E-state index contributed by atoms with van der Waals surface area (Å²) in [6.07, 6.45) is 4.38. The van der Waals surface area contributed by atoms with Gasteiger partial charge in [0.05, 0.1) is 17.8 Å². The highest BCUT2D eigenvalue weighted by molar-refractivity contribution is 6.41. The van der Waals surface area contributed by atoms with Gasteiger partial charge in [0.25, 0.3) is 11.5 Å². The smallest absolute Gasteiger partial charge is 0.294 e. The zero-order chi connectivity index (χ0) is 34.7. The van der Waals surface area contributed by atoms with E-state index in [0.717, 1.165) is 22.0 Å². The molecule has 0 saturated carbocycles. The van der Waals surface area contributed by atoms with Gasteiger partial charge in [-0.2, -0.15) is 5.10 Å². The van der Waals surface area contributed by atoms with Crippen LogP contribution in [0.25, 0.3) is 11.4 Å². The summed E-state index contributed by atoms with van der Waals surface area (Å²) in [5.74, 6) is -6.94. The van der Waals surface area contributed by atoms with Crippen molar-refractivity contribution in [2.75, 3.05) is 31.1 Å². The molecule has 0 atom stereocenters. The molecule has 6 rings (SSSR count). The number of amides is 1. The number of ketones is 1. The molecule has 1 amide bonds. The summed E-state index contributed by atoms with van der Waals surface area (Å²) in [5, 5.41) is 15.0. The Morgan fingerprint density at radius 2 is 1.53 bits per heavy atom. The number of aromatic nitrogens is 4. The number of pyridine rings is 1. The number of aliphatic hydroxyl groups is 1. The third-order valence-corrected chi connectivity index (χ3v) is 8.15. The van der Waals surface area contributed by atoms with Gasteiger partial charge in [-0.05, 0) is 42.0 Å². The maximum atomic E-state index is 14.5. The molecule has 0 spiro atoms. The van der Waals surface area contributed by atoms with E-state index in [-0.39, 0.29) is 30.8 Å². The lowest BCUT2D eigenvalue weighted by Crippen LogP contribution is -2.50. The van der Waals surface area contributed by atoms with E-state index in [1.54, 1.807) is 17.1 Å². The van der Waals surface area contributed by atoms with Crippen molar-refractivity contribution in [3.8, 4) is 5.69 Å². The van der Waals surface area contributed by atoms with Crippen LogP contribution in [0.4, 0.5) is 23.2 Å². The Hall–Kier alpha value is -6.05. The van der Waals surface area contributed by atoms with Crippen LogP contribution in [-0.2, 0) is 22.6 Å². The lowest BCUT2D eigenvalue weighted by atomic mass is 10.0. The molecule has 3 aromatic carbocycles. The quantitative estimate of drug-likeness (QED) is 0.107. The Morgan fingerprint density at radius 1 is 0.857 bits per heavy atom. The number of carbonyl (C=O) groups excluding carboxylic acids is 2. The Morgan fingerprint density at radius 3 is 2.18 bits per heavy atom. The standard InChI is InChI=1S/C35H28F4N6O4/c36-24-15-30(38)27(31(39)16-24)13-22-14-28(34(48)44(18-22)19-23-3-1-2-4-29(23)37)32(46)17-33(47)35(49)43-11-9-42(10-12-43)25-5-7-26(8-6-25)45-21-40-20-41-45/h1-8,14-18,20-21,46H,9-13,19H2/b32-17+. The van der Waals surface area contributed by atoms with Crippen molar-refractivity contribution in [1.82, 2.24) is 24.2 Å². The summed E-state index contributed by atoms with van der Waals surface area (Å²) in [4.78, 5) is 46.8. The molecule has 5 aromatic rings. The molecule has 2 aromatic heterocycles. The lowest BCUT2D eigenvalue weighted by Gasteiger charge is -2.35. The van der Waals surface area contributed by atoms with Gasteiger partial charge in [0.2, 0.25) is 5.78 Å². The number of rotatable bonds is 9. The molecule has 1 aliphatic heterocycles. The van der Waals surface area contributed by atoms with Gasteiger partial charge in [-0.3, -0.25) is 14.4 Å². The summed E-state index contributed by atoms with van der Waals surface area (Å²) in [7, 11) is 0. The maximum Gasteiger partial charge on any atom is 0.294 e. The summed E-state index contributed by atoms with van der Waals surface area (Å²) >= 11 is 0. The molecule has 1 aliphatic rings. The number of nitrogens with zero attached hydrogens (tertiary/aromatic N) is 6. The summed E-state index contributed by atoms with van der Waals surface area (Å²) in [5.41, 5.74) is 0.0924. The minimum absolute atomic E-state index is 0.0829. The number of piperazine rings is 1. The lowest BCUT2D eigenvalue weighted by molar-refractivity contribution is -0.142. The molecule has 1 N–H and O–H groups in total. The fourth-order valence-corrected chi connectivity index (χ4v) is 5.60. The van der Waals surface area contributed by atoms with Crippen molar-refractivity contribution >= 4 is 23.1 Å². The summed E-state index contributed by atoms with van der Waals surface area (Å²) < 4.78 is 59.6. The molecule has 14 heteroatoms. The number of benzene rings is 3. The molecular weight excluding hydrogens is 644 g/mol. The molecule has 0 aliphatic carbocycles. The zero-order valence-electron chi connectivity index (χ0n) is 25.8. The van der Waals surface area contributed by atoms with E-state index in [1.165, 1.54) is 35.6 Å². The molecule has 10 nitrogen and oxygen atoms in total. The third-order valence-electron chi connectivity index (χ3n) is 8.15. The highest BCUT2D eigenvalue weighted by Gasteiger charge is 2.26. The van der Waals surface area contributed by atoms with E-state index in [1.807, 2.05) is 29.2 Å². The van der Waals surface area contributed by atoms with Gasteiger partial charge in [0, 0.05) is 73.8 Å². The van der Waals surface area contributed by atoms with E-state index in [4.69, 9.17) is 0 Å². The van der Waals surface area contributed by atoms with Crippen molar-refractivity contribution in [3.05, 3.63) is 148 Å². The Bertz CT molecular complexity index is 2080. The molecule has 3 heterocycles. The van der Waals surface area contributed by atoms with Gasteiger partial charge in [-0.25, -0.2) is 27.2 Å². The van der Waals surface area contributed by atoms with Crippen LogP contribution in [0.1, 0.15) is 22.3 Å². The molecule has 49 heavy (non-hydrogen) atoms. The minimum atomic E-state index is -1.17. The van der Waals surface area contributed by atoms with E-state index in [9.17, 15) is 37.1 Å². The number of hydrogen-bond acceptors (Lipinski definition) is 7. The van der Waals surface area contributed by atoms with Crippen LogP contribution < -0.4 is 10.5 Å². The van der Waals surface area contributed by atoms with Crippen molar-refractivity contribution in [2.24, 2.45) is 0 Å². The maximum absolute atomic E-state index is 14.5. The van der Waals surface area contributed by atoms with Crippen LogP contribution in [-0.4, -0.2) is 67.2 Å². The van der Waals surface area contributed by atoms with Crippen LogP contribution in [0, 0.1) is 23.3 Å². The summed E-state index contributed by atoms with van der Waals surface area (Å²) in [6, 6.07) is 15.3. The first kappa shape index (κ1) is 32.9. The first-order valence-electron chi connectivity index (χ1n) is 15.1. The van der Waals surface area contributed by atoms with Crippen LogP contribution in [0.2, 0.25) is 0 Å². The van der Waals surface area contributed by atoms with Crippen LogP contribution in [0.5, 0.6) is 0 Å². The van der Waals surface area contributed by atoms with Crippen molar-refractivity contribution in [1.29, 1.82) is 0 Å². The van der Waals surface area contributed by atoms with E-state index < -0.39 is 63.8 Å². The Balaban J connectivity index is 1.21. The number of carbonyl (C=O) groups is 2. The highest BCUT2D eigenvalue weighted by Crippen LogP contribution is 2.22. The Labute approximate surface area is 276 Å². The van der Waals surface area contributed by atoms with E-state index in [0.29, 0.717) is 31.3 Å². The average Bonchev–Trinajstić information content (AvgIpc) is 3.64. The van der Waals surface area contributed by atoms with Gasteiger partial charge >= 0.3 is 0 Å². The van der Waals surface area contributed by atoms with Crippen LogP contribution in [0.3, 0.4) is 0 Å². The van der Waals surface area contributed by atoms with Gasteiger partial charge in [-0.1, -0.05) is 18.2 Å². The van der Waals surface area contributed by atoms with E-state index in [2.05, 4.69) is 10.1 Å². The number of hydrogen-bond donors (Lipinski definition) is 1. The number of aliphatic hydroxyl groups excluding tert-OH is 1. The monoisotopic (exact) mass is 672 g/mol. The fraction of sp³-hybridized carbons (Fsp3) is 0.171. The van der Waals surface area contributed by atoms with Gasteiger partial charge in [-0.15, -0.1) is 0 Å². The molecule has 250 valence electrons. The highest BCUT2D eigenvalue weighted by atomic mass is 19.1.